The summed E-state index contributed by atoms with van der Waals surface area (Å²) in [5, 5.41) is 10.6. The molecule has 1 heterocycles. The lowest BCUT2D eigenvalue weighted by molar-refractivity contribution is 0.361. The molecule has 0 amide bonds. The van der Waals surface area contributed by atoms with Gasteiger partial charge in [0.25, 0.3) is 5.95 Å². The number of hydrogen-bond donors (Lipinski definition) is 1. The summed E-state index contributed by atoms with van der Waals surface area (Å²) in [5.74, 6) is -0.0914. The standard InChI is InChI=1S/C6H5BrO2S/c7-5-1-2-6(8)9-10-4-3-5/h1-4,8H. The summed E-state index contributed by atoms with van der Waals surface area (Å²) in [6, 6.07) is 5.00. The van der Waals surface area contributed by atoms with Gasteiger partial charge in [-0.15, -0.1) is 0 Å². The maximum Gasteiger partial charge on any atom is 0.294 e. The summed E-state index contributed by atoms with van der Waals surface area (Å²) in [5.41, 5.74) is 0. The summed E-state index contributed by atoms with van der Waals surface area (Å²) >= 11 is 4.32. The van der Waals surface area contributed by atoms with Gasteiger partial charge in [-0.05, 0) is 12.1 Å². The van der Waals surface area contributed by atoms with Gasteiger partial charge in [0.1, 0.15) is 0 Å². The van der Waals surface area contributed by atoms with Crippen LogP contribution in [0.2, 0.25) is 0 Å². The lowest BCUT2D eigenvalue weighted by Crippen LogP contribution is -1.56. The van der Waals surface area contributed by atoms with Crippen LogP contribution >= 0.6 is 27.6 Å². The summed E-state index contributed by atoms with van der Waals surface area (Å²) in [6.45, 7) is 0. The van der Waals surface area contributed by atoms with E-state index in [1.54, 1.807) is 11.4 Å². The Morgan fingerprint density at radius 1 is 1.40 bits per heavy atom. The van der Waals surface area contributed by atoms with Crippen LogP contribution in [0.25, 0.3) is 0 Å². The van der Waals surface area contributed by atoms with Crippen LogP contribution in [-0.2, 0) is 0 Å². The molecule has 0 saturated carbocycles. The first-order chi connectivity index (χ1) is 4.79. The zero-order chi connectivity index (χ0) is 7.40. The Hall–Kier alpha value is -0.480. The van der Waals surface area contributed by atoms with Crippen LogP contribution in [0.1, 0.15) is 0 Å². The highest BCUT2D eigenvalue weighted by Crippen LogP contribution is 2.12. The fourth-order valence-electron chi connectivity index (χ4n) is 0.404. The third kappa shape index (κ3) is 2.41. The third-order valence-electron chi connectivity index (χ3n) is 0.801. The van der Waals surface area contributed by atoms with Crippen molar-refractivity contribution in [2.45, 2.75) is 0 Å². The van der Waals surface area contributed by atoms with Crippen LogP contribution in [0.4, 0.5) is 0 Å². The largest absolute Gasteiger partial charge is 0.480 e. The number of rotatable bonds is 0. The van der Waals surface area contributed by atoms with Crippen molar-refractivity contribution >= 4 is 27.6 Å². The van der Waals surface area contributed by atoms with Crippen molar-refractivity contribution < 1.29 is 8.96 Å². The van der Waals surface area contributed by atoms with E-state index in [1.165, 1.54) is 6.07 Å². The van der Waals surface area contributed by atoms with Crippen LogP contribution in [0, 0.1) is 0 Å². The predicted octanol–water partition coefficient (Wildman–Crippen LogP) is 2.93. The molecule has 1 aromatic rings. The van der Waals surface area contributed by atoms with Gasteiger partial charge in [-0.25, -0.2) is 0 Å². The normalized spacial score (nSPS) is 8.90. The fourth-order valence-corrected chi connectivity index (χ4v) is 1.26. The van der Waals surface area contributed by atoms with E-state index in [-0.39, 0.29) is 5.95 Å². The Morgan fingerprint density at radius 2 is 2.20 bits per heavy atom. The van der Waals surface area contributed by atoms with Crippen LogP contribution in [0.3, 0.4) is 0 Å². The van der Waals surface area contributed by atoms with E-state index in [4.69, 9.17) is 8.96 Å². The van der Waals surface area contributed by atoms with E-state index in [0.717, 1.165) is 16.1 Å². The Kier molecular flexibility index (Phi) is 2.77. The van der Waals surface area contributed by atoms with Gasteiger partial charge in [-0.1, -0.05) is 15.9 Å². The van der Waals surface area contributed by atoms with Gasteiger partial charge in [0.15, 0.2) is 0 Å². The Bertz CT molecular complexity index is 226. The lowest BCUT2D eigenvalue weighted by Gasteiger charge is -1.83. The number of halogens is 1. The quantitative estimate of drug-likeness (QED) is 0.730. The molecule has 0 aliphatic heterocycles. The van der Waals surface area contributed by atoms with Crippen LogP contribution in [0.15, 0.2) is 31.9 Å². The maximum absolute atomic E-state index is 8.85. The molecule has 0 atom stereocenters. The molecule has 54 valence electrons. The molecular weight excluding hydrogens is 216 g/mol. The highest BCUT2D eigenvalue weighted by Gasteiger charge is 1.82. The van der Waals surface area contributed by atoms with E-state index in [0.29, 0.717) is 0 Å². The summed E-state index contributed by atoms with van der Waals surface area (Å²) in [6.07, 6.45) is 0. The summed E-state index contributed by atoms with van der Waals surface area (Å²) < 4.78 is 5.61. The molecule has 0 spiro atoms. The molecule has 0 saturated heterocycles. The molecule has 0 aliphatic carbocycles. The first kappa shape index (κ1) is 7.63. The highest BCUT2D eigenvalue weighted by atomic mass is 79.9. The number of aromatic hydroxyl groups is 1. The number of hydrogen-bond acceptors (Lipinski definition) is 3. The van der Waals surface area contributed by atoms with E-state index in [2.05, 4.69) is 15.9 Å². The molecule has 10 heavy (non-hydrogen) atoms. The topological polar surface area (TPSA) is 33.4 Å². The first-order valence-electron chi connectivity index (χ1n) is 2.55. The minimum atomic E-state index is -0.0914. The molecule has 1 N–H and O–H groups in total. The average Bonchev–Trinajstić information content (AvgIpc) is 1.90. The van der Waals surface area contributed by atoms with Crippen LogP contribution in [-0.4, -0.2) is 5.11 Å². The predicted molar refractivity (Wildman–Crippen MR) is 43.6 cm³/mol. The van der Waals surface area contributed by atoms with Crippen molar-refractivity contribution in [3.8, 4) is 5.95 Å². The first-order valence-corrected chi connectivity index (χ1v) is 4.15. The molecule has 0 aliphatic rings. The second kappa shape index (κ2) is 3.63. The van der Waals surface area contributed by atoms with E-state index >= 15 is 0 Å². The van der Waals surface area contributed by atoms with Crippen LogP contribution < -0.4 is 0 Å². The molecule has 4 heteroatoms. The SMILES string of the molecule is Oc1ccc(Br)ccso1. The molecular formula is C6H5BrO2S. The smallest absolute Gasteiger partial charge is 0.294 e. The summed E-state index contributed by atoms with van der Waals surface area (Å²) in [7, 11) is 0. The van der Waals surface area contributed by atoms with E-state index in [9.17, 15) is 0 Å². The van der Waals surface area contributed by atoms with Crippen molar-refractivity contribution in [1.82, 2.24) is 0 Å². The molecule has 0 aromatic carbocycles. The maximum atomic E-state index is 8.85. The zero-order valence-electron chi connectivity index (χ0n) is 4.95. The minimum absolute atomic E-state index is 0.0914. The highest BCUT2D eigenvalue weighted by molar-refractivity contribution is 9.10. The molecule has 2 nitrogen and oxygen atoms in total. The molecule has 1 aromatic heterocycles. The van der Waals surface area contributed by atoms with Crippen molar-refractivity contribution in [3.05, 3.63) is 28.1 Å². The monoisotopic (exact) mass is 220 g/mol. The van der Waals surface area contributed by atoms with Gasteiger partial charge < -0.3 is 8.96 Å². The van der Waals surface area contributed by atoms with Crippen molar-refractivity contribution in [2.24, 2.45) is 0 Å². The van der Waals surface area contributed by atoms with Gasteiger partial charge in [-0.2, -0.15) is 0 Å². The van der Waals surface area contributed by atoms with Crippen molar-refractivity contribution in [3.63, 3.8) is 0 Å². The fraction of sp³-hybridized carbons (Fsp3) is 0. The Morgan fingerprint density at radius 3 is 3.00 bits per heavy atom. The minimum Gasteiger partial charge on any atom is -0.480 e. The lowest BCUT2D eigenvalue weighted by atomic mass is 10.5. The molecule has 0 fully saturated rings. The Balaban J connectivity index is 3.16. The van der Waals surface area contributed by atoms with Crippen molar-refractivity contribution in [2.75, 3.05) is 0 Å². The average molecular weight is 221 g/mol. The second-order valence-corrected chi connectivity index (χ2v) is 3.09. The Labute approximate surface area is 70.8 Å². The van der Waals surface area contributed by atoms with Crippen LogP contribution in [0.5, 0.6) is 5.95 Å². The molecule has 1 rings (SSSR count). The van der Waals surface area contributed by atoms with E-state index in [1.807, 2.05) is 6.07 Å². The van der Waals surface area contributed by atoms with Gasteiger partial charge in [0.2, 0.25) is 0 Å². The third-order valence-corrected chi connectivity index (χ3v) is 1.84. The van der Waals surface area contributed by atoms with E-state index < -0.39 is 0 Å². The van der Waals surface area contributed by atoms with Gasteiger partial charge in [-0.3, -0.25) is 0 Å². The molecule has 0 bridgehead atoms. The van der Waals surface area contributed by atoms with Gasteiger partial charge in [0, 0.05) is 27.6 Å². The second-order valence-electron chi connectivity index (χ2n) is 1.54. The summed E-state index contributed by atoms with van der Waals surface area (Å²) in [4.78, 5) is 0. The van der Waals surface area contributed by atoms with Crippen molar-refractivity contribution in [1.29, 1.82) is 0 Å². The van der Waals surface area contributed by atoms with Gasteiger partial charge in [0.05, 0.1) is 0 Å². The zero-order valence-corrected chi connectivity index (χ0v) is 7.35. The van der Waals surface area contributed by atoms with Gasteiger partial charge >= 0.3 is 0 Å². The molecule has 0 unspecified atom stereocenters. The molecule has 0 radical (unpaired) electrons.